The van der Waals surface area contributed by atoms with Crippen molar-refractivity contribution in [3.8, 4) is 0 Å². The second-order valence-electron chi connectivity index (χ2n) is 3.69. The lowest BCUT2D eigenvalue weighted by molar-refractivity contribution is -0.384. The van der Waals surface area contributed by atoms with E-state index in [4.69, 9.17) is 0 Å². The van der Waals surface area contributed by atoms with Crippen LogP contribution in [-0.2, 0) is 4.79 Å². The van der Waals surface area contributed by atoms with Crippen LogP contribution in [0.5, 0.6) is 0 Å². The average Bonchev–Trinajstić information content (AvgIpc) is 2.26. The molecule has 1 aromatic rings. The van der Waals surface area contributed by atoms with E-state index in [1.165, 1.54) is 19.1 Å². The van der Waals surface area contributed by atoms with Gasteiger partial charge in [-0.05, 0) is 11.5 Å². The number of benzene rings is 1. The highest BCUT2D eigenvalue weighted by molar-refractivity contribution is 5.72. The lowest BCUT2D eigenvalue weighted by atomic mass is 10.0. The zero-order chi connectivity index (χ0) is 12.1. The van der Waals surface area contributed by atoms with Gasteiger partial charge in [-0.3, -0.25) is 14.9 Å². The van der Waals surface area contributed by atoms with E-state index < -0.39 is 4.92 Å². The predicted octanol–water partition coefficient (Wildman–Crippen LogP) is 1.83. The maximum absolute atomic E-state index is 10.7. The highest BCUT2D eigenvalue weighted by Gasteiger charge is 2.09. The Labute approximate surface area is 93.6 Å². The van der Waals surface area contributed by atoms with Crippen LogP contribution in [0.15, 0.2) is 24.3 Å². The van der Waals surface area contributed by atoms with Crippen LogP contribution in [0.4, 0.5) is 5.69 Å². The molecule has 5 heteroatoms. The second kappa shape index (κ2) is 5.25. The number of amides is 1. The van der Waals surface area contributed by atoms with Crippen LogP contribution in [0.2, 0.25) is 0 Å². The van der Waals surface area contributed by atoms with Crippen molar-refractivity contribution in [1.29, 1.82) is 0 Å². The number of carbonyl (C=O) groups excluding carboxylic acids is 1. The Kier molecular flexibility index (Phi) is 3.99. The van der Waals surface area contributed by atoms with Crippen LogP contribution in [0.3, 0.4) is 0 Å². The summed E-state index contributed by atoms with van der Waals surface area (Å²) >= 11 is 0. The summed E-state index contributed by atoms with van der Waals surface area (Å²) in [6, 6.07) is 6.37. The quantitative estimate of drug-likeness (QED) is 0.624. The summed E-state index contributed by atoms with van der Waals surface area (Å²) in [5.41, 5.74) is 1.05. The molecule has 1 N–H and O–H groups in total. The first-order valence-electron chi connectivity index (χ1n) is 4.99. The first-order chi connectivity index (χ1) is 7.50. The Morgan fingerprint density at radius 3 is 2.44 bits per heavy atom. The summed E-state index contributed by atoms with van der Waals surface area (Å²) in [5.74, 6) is 0.0680. The Bertz CT molecular complexity index is 387. The van der Waals surface area contributed by atoms with Gasteiger partial charge in [-0.15, -0.1) is 0 Å². The molecule has 1 aromatic carbocycles. The maximum Gasteiger partial charge on any atom is 0.269 e. The van der Waals surface area contributed by atoms with Crippen molar-refractivity contribution in [2.45, 2.75) is 19.8 Å². The molecule has 0 saturated carbocycles. The Morgan fingerprint density at radius 1 is 1.44 bits per heavy atom. The molecular formula is C11H14N2O3. The topological polar surface area (TPSA) is 72.2 Å². The van der Waals surface area contributed by atoms with E-state index in [1.54, 1.807) is 12.1 Å². The Morgan fingerprint density at radius 2 is 2.00 bits per heavy atom. The Balaban J connectivity index is 2.66. The van der Waals surface area contributed by atoms with Gasteiger partial charge < -0.3 is 5.32 Å². The van der Waals surface area contributed by atoms with Gasteiger partial charge in [-0.1, -0.05) is 19.1 Å². The molecule has 0 aliphatic heterocycles. The number of nitro benzene ring substituents is 1. The van der Waals surface area contributed by atoms with Crippen molar-refractivity contribution < 1.29 is 9.72 Å². The minimum absolute atomic E-state index is 0.0752. The van der Waals surface area contributed by atoms with E-state index >= 15 is 0 Å². The van der Waals surface area contributed by atoms with Crippen molar-refractivity contribution in [3.63, 3.8) is 0 Å². The highest BCUT2D eigenvalue weighted by Crippen LogP contribution is 2.18. The smallest absolute Gasteiger partial charge is 0.269 e. The molecule has 1 rings (SSSR count). The lowest BCUT2D eigenvalue weighted by Gasteiger charge is -2.11. The van der Waals surface area contributed by atoms with Gasteiger partial charge in [-0.2, -0.15) is 0 Å². The maximum atomic E-state index is 10.7. The van der Waals surface area contributed by atoms with Crippen LogP contribution in [0.1, 0.15) is 25.3 Å². The van der Waals surface area contributed by atoms with Crippen LogP contribution in [-0.4, -0.2) is 17.4 Å². The summed E-state index contributed by atoms with van der Waals surface area (Å²) in [4.78, 5) is 20.7. The summed E-state index contributed by atoms with van der Waals surface area (Å²) < 4.78 is 0. The third-order valence-corrected chi connectivity index (χ3v) is 2.33. The molecule has 86 valence electrons. The van der Waals surface area contributed by atoms with Crippen LogP contribution in [0, 0.1) is 10.1 Å². The molecule has 0 aliphatic carbocycles. The van der Waals surface area contributed by atoms with E-state index in [1.807, 2.05) is 6.92 Å². The molecule has 5 nitrogen and oxygen atoms in total. The van der Waals surface area contributed by atoms with Gasteiger partial charge >= 0.3 is 0 Å². The molecule has 0 spiro atoms. The normalized spacial score (nSPS) is 11.9. The van der Waals surface area contributed by atoms with Crippen molar-refractivity contribution in [1.82, 2.24) is 5.32 Å². The van der Waals surface area contributed by atoms with E-state index in [-0.39, 0.29) is 17.5 Å². The van der Waals surface area contributed by atoms with E-state index in [9.17, 15) is 14.9 Å². The molecule has 1 atom stereocenters. The monoisotopic (exact) mass is 222 g/mol. The lowest BCUT2D eigenvalue weighted by Crippen LogP contribution is -2.24. The molecule has 0 radical (unpaired) electrons. The van der Waals surface area contributed by atoms with Gasteiger partial charge in [0.05, 0.1) is 4.92 Å². The first-order valence-corrected chi connectivity index (χ1v) is 4.99. The van der Waals surface area contributed by atoms with Gasteiger partial charge in [0.2, 0.25) is 5.91 Å². The number of hydrogen-bond donors (Lipinski definition) is 1. The number of non-ortho nitro benzene ring substituents is 1. The summed E-state index contributed by atoms with van der Waals surface area (Å²) in [6.07, 6.45) is 0. The molecule has 16 heavy (non-hydrogen) atoms. The number of nitro groups is 1. The van der Waals surface area contributed by atoms with E-state index in [0.717, 1.165) is 5.56 Å². The van der Waals surface area contributed by atoms with Crippen LogP contribution < -0.4 is 5.32 Å². The summed E-state index contributed by atoms with van der Waals surface area (Å²) in [7, 11) is 0. The predicted molar refractivity (Wildman–Crippen MR) is 60.2 cm³/mol. The Hall–Kier alpha value is -1.91. The molecular weight excluding hydrogens is 208 g/mol. The summed E-state index contributed by atoms with van der Waals surface area (Å²) in [6.45, 7) is 3.95. The molecule has 1 amide bonds. The van der Waals surface area contributed by atoms with Crippen LogP contribution >= 0.6 is 0 Å². The van der Waals surface area contributed by atoms with Crippen molar-refractivity contribution in [2.75, 3.05) is 6.54 Å². The zero-order valence-corrected chi connectivity index (χ0v) is 9.27. The first kappa shape index (κ1) is 12.2. The van der Waals surface area contributed by atoms with Crippen molar-refractivity contribution in [2.24, 2.45) is 0 Å². The molecule has 0 aromatic heterocycles. The third-order valence-electron chi connectivity index (χ3n) is 2.33. The minimum Gasteiger partial charge on any atom is -0.356 e. The van der Waals surface area contributed by atoms with Gasteiger partial charge in [0, 0.05) is 25.6 Å². The van der Waals surface area contributed by atoms with Gasteiger partial charge in [0.15, 0.2) is 0 Å². The zero-order valence-electron chi connectivity index (χ0n) is 9.27. The van der Waals surface area contributed by atoms with Crippen molar-refractivity contribution >= 4 is 11.6 Å². The molecule has 0 fully saturated rings. The fourth-order valence-corrected chi connectivity index (χ4v) is 1.34. The average molecular weight is 222 g/mol. The van der Waals surface area contributed by atoms with E-state index in [2.05, 4.69) is 5.32 Å². The standard InChI is InChI=1S/C11H14N2O3/c1-8(7-12-9(2)14)10-3-5-11(6-4-10)13(15)16/h3-6,8H,7H2,1-2H3,(H,12,14). The number of carbonyl (C=O) groups is 1. The number of rotatable bonds is 4. The van der Waals surface area contributed by atoms with Gasteiger partial charge in [0.25, 0.3) is 5.69 Å². The fourth-order valence-electron chi connectivity index (χ4n) is 1.34. The molecule has 0 aliphatic rings. The highest BCUT2D eigenvalue weighted by atomic mass is 16.6. The molecule has 0 bridgehead atoms. The number of hydrogen-bond acceptors (Lipinski definition) is 3. The van der Waals surface area contributed by atoms with Gasteiger partial charge in [-0.25, -0.2) is 0 Å². The molecule has 0 saturated heterocycles. The summed E-state index contributed by atoms with van der Waals surface area (Å²) in [5, 5.41) is 13.2. The third kappa shape index (κ3) is 3.34. The van der Waals surface area contributed by atoms with Gasteiger partial charge in [0.1, 0.15) is 0 Å². The number of nitrogens with one attached hydrogen (secondary N) is 1. The largest absolute Gasteiger partial charge is 0.356 e. The van der Waals surface area contributed by atoms with Crippen LogP contribution in [0.25, 0.3) is 0 Å². The minimum atomic E-state index is -0.428. The molecule has 0 heterocycles. The molecule has 1 unspecified atom stereocenters. The number of nitrogens with zero attached hydrogens (tertiary/aromatic N) is 1. The fraction of sp³-hybridized carbons (Fsp3) is 0.364. The second-order valence-corrected chi connectivity index (χ2v) is 3.69. The van der Waals surface area contributed by atoms with Crippen molar-refractivity contribution in [3.05, 3.63) is 39.9 Å². The SMILES string of the molecule is CC(=O)NCC(C)c1ccc([N+](=O)[O-])cc1. The van der Waals surface area contributed by atoms with E-state index in [0.29, 0.717) is 6.54 Å².